The van der Waals surface area contributed by atoms with Gasteiger partial charge in [-0.05, 0) is 35.6 Å². The zero-order chi connectivity index (χ0) is 15.4. The molecule has 4 nitrogen and oxygen atoms in total. The molecule has 0 aliphatic carbocycles. The maximum atomic E-state index is 12.4. The summed E-state index contributed by atoms with van der Waals surface area (Å²) in [5.74, 6) is 0. The Morgan fingerprint density at radius 3 is 2.73 bits per heavy atom. The fourth-order valence-corrected chi connectivity index (χ4v) is 2.71. The van der Waals surface area contributed by atoms with Gasteiger partial charge in [-0.15, -0.1) is 0 Å². The number of hydrogen-bond acceptors (Lipinski definition) is 3. The van der Waals surface area contributed by atoms with E-state index in [1.807, 2.05) is 48.5 Å². The van der Waals surface area contributed by atoms with Crippen LogP contribution < -0.4 is 4.90 Å². The average molecular weight is 297 g/mol. The second-order valence-electron chi connectivity index (χ2n) is 5.42. The van der Waals surface area contributed by atoms with Crippen LogP contribution in [0.2, 0.25) is 0 Å². The van der Waals surface area contributed by atoms with Crippen molar-refractivity contribution >= 4 is 11.8 Å². The van der Waals surface area contributed by atoms with Crippen molar-refractivity contribution in [3.8, 4) is 0 Å². The number of aliphatic hydroxyl groups is 1. The van der Waals surface area contributed by atoms with E-state index in [2.05, 4.69) is 0 Å². The molecule has 1 amide bonds. The molecular formula is C18H19NO3. The summed E-state index contributed by atoms with van der Waals surface area (Å²) in [7, 11) is 0. The van der Waals surface area contributed by atoms with E-state index in [4.69, 9.17) is 4.74 Å². The number of rotatable bonds is 3. The number of amides is 1. The Kier molecular flexibility index (Phi) is 4.39. The molecule has 0 fully saturated rings. The Morgan fingerprint density at radius 1 is 1.14 bits per heavy atom. The highest BCUT2D eigenvalue weighted by atomic mass is 16.6. The molecule has 22 heavy (non-hydrogen) atoms. The van der Waals surface area contributed by atoms with Crippen LogP contribution in [0, 0.1) is 0 Å². The predicted octanol–water partition coefficient (Wildman–Crippen LogP) is 3.27. The van der Waals surface area contributed by atoms with Gasteiger partial charge in [0.2, 0.25) is 0 Å². The van der Waals surface area contributed by atoms with Gasteiger partial charge in [-0.25, -0.2) is 4.79 Å². The first-order valence-electron chi connectivity index (χ1n) is 7.49. The molecule has 1 heterocycles. The van der Waals surface area contributed by atoms with Crippen LogP contribution in [0.1, 0.15) is 23.1 Å². The van der Waals surface area contributed by atoms with Crippen LogP contribution in [0.3, 0.4) is 0 Å². The lowest BCUT2D eigenvalue weighted by atomic mass is 10.00. The molecule has 1 aliphatic heterocycles. The van der Waals surface area contributed by atoms with Crippen LogP contribution in [0.4, 0.5) is 10.5 Å². The van der Waals surface area contributed by atoms with Gasteiger partial charge in [-0.3, -0.25) is 4.90 Å². The molecule has 1 aliphatic rings. The van der Waals surface area contributed by atoms with Gasteiger partial charge in [0.25, 0.3) is 0 Å². The lowest BCUT2D eigenvalue weighted by Gasteiger charge is -2.29. The fourth-order valence-electron chi connectivity index (χ4n) is 2.71. The van der Waals surface area contributed by atoms with E-state index in [-0.39, 0.29) is 19.3 Å². The van der Waals surface area contributed by atoms with Crippen LogP contribution >= 0.6 is 0 Å². The minimum Gasteiger partial charge on any atom is -0.444 e. The molecule has 2 aromatic rings. The maximum Gasteiger partial charge on any atom is 0.414 e. The van der Waals surface area contributed by atoms with Gasteiger partial charge in [0.15, 0.2) is 0 Å². The van der Waals surface area contributed by atoms with Crippen LogP contribution in [0.15, 0.2) is 48.5 Å². The van der Waals surface area contributed by atoms with E-state index in [9.17, 15) is 9.90 Å². The molecular weight excluding hydrogens is 278 g/mol. The number of carbonyl (C=O) groups excluding carboxylic acids is 1. The highest BCUT2D eigenvalue weighted by molar-refractivity contribution is 5.89. The van der Waals surface area contributed by atoms with Crippen molar-refractivity contribution in [3.05, 3.63) is 65.2 Å². The Labute approximate surface area is 130 Å². The van der Waals surface area contributed by atoms with Gasteiger partial charge in [0.05, 0.1) is 12.3 Å². The van der Waals surface area contributed by atoms with Crippen LogP contribution in [0.25, 0.3) is 0 Å². The lowest BCUT2D eigenvalue weighted by molar-refractivity contribution is 0.146. The Morgan fingerprint density at radius 2 is 1.95 bits per heavy atom. The summed E-state index contributed by atoms with van der Waals surface area (Å²) in [5.41, 5.74) is 3.76. The number of aryl methyl sites for hydroxylation is 1. The summed E-state index contributed by atoms with van der Waals surface area (Å²) in [4.78, 5) is 14.0. The lowest BCUT2D eigenvalue weighted by Crippen LogP contribution is -2.36. The monoisotopic (exact) mass is 297 g/mol. The number of carbonyl (C=O) groups is 1. The van der Waals surface area contributed by atoms with Crippen molar-refractivity contribution in [2.24, 2.45) is 0 Å². The van der Waals surface area contributed by atoms with Crippen molar-refractivity contribution in [2.75, 3.05) is 11.4 Å². The number of nitrogens with zero attached hydrogens (tertiary/aromatic N) is 1. The highest BCUT2D eigenvalue weighted by Gasteiger charge is 2.24. The number of hydrogen-bond donors (Lipinski definition) is 1. The Hall–Kier alpha value is -2.33. The molecule has 1 N–H and O–H groups in total. The molecule has 0 saturated heterocycles. The van der Waals surface area contributed by atoms with Crippen LogP contribution in [0.5, 0.6) is 0 Å². The molecule has 4 heteroatoms. The molecule has 0 unspecified atom stereocenters. The molecule has 114 valence electrons. The van der Waals surface area contributed by atoms with Crippen molar-refractivity contribution < 1.29 is 14.6 Å². The second kappa shape index (κ2) is 6.62. The SMILES string of the molecule is O=C(OCc1ccccc1)N1CCCc2ccc(CO)cc21. The number of ether oxygens (including phenoxy) is 1. The van der Waals surface area contributed by atoms with Crippen molar-refractivity contribution in [1.29, 1.82) is 0 Å². The molecule has 0 aromatic heterocycles. The Balaban J connectivity index is 1.74. The third kappa shape index (κ3) is 3.12. The normalized spacial score (nSPS) is 13.6. The topological polar surface area (TPSA) is 49.8 Å². The van der Waals surface area contributed by atoms with Gasteiger partial charge in [0, 0.05) is 6.54 Å². The second-order valence-corrected chi connectivity index (χ2v) is 5.42. The first-order valence-corrected chi connectivity index (χ1v) is 7.49. The van der Waals surface area contributed by atoms with Gasteiger partial charge < -0.3 is 9.84 Å². The maximum absolute atomic E-state index is 12.4. The summed E-state index contributed by atoms with van der Waals surface area (Å²) in [5, 5.41) is 9.28. The zero-order valence-electron chi connectivity index (χ0n) is 12.4. The van der Waals surface area contributed by atoms with Crippen molar-refractivity contribution in [3.63, 3.8) is 0 Å². The Bertz CT molecular complexity index is 655. The molecule has 0 saturated carbocycles. The summed E-state index contributed by atoms with van der Waals surface area (Å²) < 4.78 is 5.42. The smallest absolute Gasteiger partial charge is 0.414 e. The molecule has 3 rings (SSSR count). The number of aliphatic hydroxyl groups excluding tert-OH is 1. The highest BCUT2D eigenvalue weighted by Crippen LogP contribution is 2.29. The number of benzene rings is 2. The predicted molar refractivity (Wildman–Crippen MR) is 84.7 cm³/mol. The summed E-state index contributed by atoms with van der Waals surface area (Å²) in [6, 6.07) is 15.4. The third-order valence-corrected chi connectivity index (χ3v) is 3.88. The van der Waals surface area contributed by atoms with E-state index < -0.39 is 0 Å². The minimum atomic E-state index is -0.333. The third-order valence-electron chi connectivity index (χ3n) is 3.88. The zero-order valence-corrected chi connectivity index (χ0v) is 12.4. The van der Waals surface area contributed by atoms with Crippen LogP contribution in [-0.4, -0.2) is 17.7 Å². The van der Waals surface area contributed by atoms with E-state index >= 15 is 0 Å². The van der Waals surface area contributed by atoms with Gasteiger partial charge in [0.1, 0.15) is 6.61 Å². The van der Waals surface area contributed by atoms with Crippen molar-refractivity contribution in [2.45, 2.75) is 26.1 Å². The standard InChI is InChI=1S/C18H19NO3/c20-12-15-8-9-16-7-4-10-19(17(16)11-15)18(21)22-13-14-5-2-1-3-6-14/h1-3,5-6,8-9,11,20H,4,7,10,12-13H2. The van der Waals surface area contributed by atoms with Gasteiger partial charge in [-0.1, -0.05) is 42.5 Å². The molecule has 0 bridgehead atoms. The van der Waals surface area contributed by atoms with Crippen LogP contribution in [-0.2, 0) is 24.4 Å². The minimum absolute atomic E-state index is 0.0276. The molecule has 2 aromatic carbocycles. The molecule has 0 atom stereocenters. The summed E-state index contributed by atoms with van der Waals surface area (Å²) in [6.07, 6.45) is 1.54. The van der Waals surface area contributed by atoms with E-state index in [0.29, 0.717) is 6.54 Å². The van der Waals surface area contributed by atoms with Gasteiger partial charge >= 0.3 is 6.09 Å². The average Bonchev–Trinajstić information content (AvgIpc) is 2.59. The van der Waals surface area contributed by atoms with Crippen molar-refractivity contribution in [1.82, 2.24) is 0 Å². The first kappa shape index (κ1) is 14.6. The van der Waals surface area contributed by atoms with E-state index in [1.54, 1.807) is 4.90 Å². The summed E-state index contributed by atoms with van der Waals surface area (Å²) >= 11 is 0. The molecule has 0 radical (unpaired) electrons. The van der Waals surface area contributed by atoms with Gasteiger partial charge in [-0.2, -0.15) is 0 Å². The fraction of sp³-hybridized carbons (Fsp3) is 0.278. The van der Waals surface area contributed by atoms with E-state index in [1.165, 1.54) is 0 Å². The number of anilines is 1. The largest absolute Gasteiger partial charge is 0.444 e. The number of fused-ring (bicyclic) bond motifs is 1. The summed E-state index contributed by atoms with van der Waals surface area (Å²) in [6.45, 7) is 0.890. The van der Waals surface area contributed by atoms with E-state index in [0.717, 1.165) is 35.2 Å². The first-order chi connectivity index (χ1) is 10.8. The molecule has 0 spiro atoms. The quantitative estimate of drug-likeness (QED) is 0.946.